The van der Waals surface area contributed by atoms with Crippen molar-refractivity contribution in [3.63, 3.8) is 0 Å². The van der Waals surface area contributed by atoms with E-state index in [1.807, 2.05) is 69.0 Å². The van der Waals surface area contributed by atoms with Crippen LogP contribution in [0.2, 0.25) is 0 Å². The van der Waals surface area contributed by atoms with Crippen molar-refractivity contribution in [2.45, 2.75) is 75.2 Å². The minimum Gasteiger partial charge on any atom is -0.393 e. The summed E-state index contributed by atoms with van der Waals surface area (Å²) in [5, 5.41) is 33.0. The van der Waals surface area contributed by atoms with Gasteiger partial charge in [0.2, 0.25) is 0 Å². The lowest BCUT2D eigenvalue weighted by molar-refractivity contribution is 0.0571. The van der Waals surface area contributed by atoms with Crippen LogP contribution < -0.4 is 41.8 Å². The predicted molar refractivity (Wildman–Crippen MR) is 284 cm³/mol. The molecule has 0 saturated carbocycles. The molecule has 0 bridgehead atoms. The molecule has 1 aromatic carbocycles. The van der Waals surface area contributed by atoms with Gasteiger partial charge in [-0.3, -0.25) is 9.59 Å². The SMILES string of the molecule is CN(C)C1CCc2cc(-c3cc(Nc4ccc(N5CCC(O)C(C6CNC7(CCN(c8cc(Nc9ccc(N%10CCC(O)CC%10)cn9)c9c(=O)[nH]ccc9n8)CC7)C6)C5)cn4)c4c(=O)[nH]ccc4n3)c(F)cc21. The molecule has 12 rings (SSSR count). The van der Waals surface area contributed by atoms with Crippen LogP contribution in [0.1, 0.15) is 62.1 Å². The first-order chi connectivity index (χ1) is 35.4. The number of aliphatic hydroxyl groups is 2. The lowest BCUT2D eigenvalue weighted by atomic mass is 9.76. The second-order valence-corrected chi connectivity index (χ2v) is 21.1. The van der Waals surface area contributed by atoms with Gasteiger partial charge in [-0.15, -0.1) is 0 Å². The maximum Gasteiger partial charge on any atom is 0.259 e. The van der Waals surface area contributed by atoms with Crippen LogP contribution in [0.5, 0.6) is 0 Å². The molecule has 17 nitrogen and oxygen atoms in total. The van der Waals surface area contributed by atoms with E-state index in [0.717, 1.165) is 106 Å². The number of benzene rings is 1. The zero-order valence-electron chi connectivity index (χ0n) is 41.2. The molecule has 4 atom stereocenters. The molecule has 7 N–H and O–H groups in total. The van der Waals surface area contributed by atoms with Crippen LogP contribution in [0.15, 0.2) is 95.0 Å². The summed E-state index contributed by atoms with van der Waals surface area (Å²) >= 11 is 0. The summed E-state index contributed by atoms with van der Waals surface area (Å²) in [7, 11) is 4.04. The zero-order chi connectivity index (χ0) is 50.0. The Labute approximate surface area is 421 Å². The number of fused-ring (bicyclic) bond motifs is 3. The van der Waals surface area contributed by atoms with Crippen LogP contribution in [-0.4, -0.2) is 123 Å². The fraction of sp³-hybridized carbons (Fsp3) is 0.418. The van der Waals surface area contributed by atoms with Gasteiger partial charge in [0.15, 0.2) is 0 Å². The second kappa shape index (κ2) is 19.1. The van der Waals surface area contributed by atoms with Crippen molar-refractivity contribution in [3.8, 4) is 11.3 Å². The number of piperidine rings is 3. The average Bonchev–Trinajstić information content (AvgIpc) is 4.01. The Kier molecular flexibility index (Phi) is 12.3. The number of anilines is 7. The third kappa shape index (κ3) is 9.14. The molecule has 7 aromatic rings. The Morgan fingerprint density at radius 3 is 2.04 bits per heavy atom. The third-order valence-electron chi connectivity index (χ3n) is 16.5. The van der Waals surface area contributed by atoms with Crippen molar-refractivity contribution in [2.75, 3.05) is 85.2 Å². The monoisotopic (exact) mass is 988 g/mol. The molecule has 4 unspecified atom stereocenters. The predicted octanol–water partition coefficient (Wildman–Crippen LogP) is 6.59. The fourth-order valence-electron chi connectivity index (χ4n) is 12.4. The Morgan fingerprint density at radius 1 is 0.740 bits per heavy atom. The van der Waals surface area contributed by atoms with Crippen molar-refractivity contribution in [1.29, 1.82) is 0 Å². The van der Waals surface area contributed by atoms with Gasteiger partial charge in [-0.2, -0.15) is 0 Å². The van der Waals surface area contributed by atoms with Gasteiger partial charge in [-0.1, -0.05) is 0 Å². The minimum atomic E-state index is -0.412. The maximum absolute atomic E-state index is 15.9. The minimum absolute atomic E-state index is 0.0502. The Morgan fingerprint density at radius 2 is 1.38 bits per heavy atom. The van der Waals surface area contributed by atoms with E-state index in [0.29, 0.717) is 75.6 Å². The first-order valence-corrected chi connectivity index (χ1v) is 25.8. The number of pyridine rings is 6. The zero-order valence-corrected chi connectivity index (χ0v) is 41.2. The van der Waals surface area contributed by atoms with Gasteiger partial charge in [-0.05, 0) is 144 Å². The van der Waals surface area contributed by atoms with E-state index < -0.39 is 6.10 Å². The number of hydrogen-bond acceptors (Lipinski definition) is 15. The van der Waals surface area contributed by atoms with Gasteiger partial charge in [0.25, 0.3) is 11.1 Å². The quantitative estimate of drug-likeness (QED) is 0.0772. The summed E-state index contributed by atoms with van der Waals surface area (Å²) in [5.41, 5.74) is 6.54. The van der Waals surface area contributed by atoms with E-state index in [1.54, 1.807) is 30.6 Å². The number of aryl methyl sites for hydroxylation is 1. The van der Waals surface area contributed by atoms with Gasteiger partial charge < -0.3 is 55.7 Å². The lowest BCUT2D eigenvalue weighted by Gasteiger charge is -2.42. The van der Waals surface area contributed by atoms with Crippen molar-refractivity contribution >= 4 is 62.0 Å². The number of nitrogens with zero attached hydrogens (tertiary/aromatic N) is 8. The number of rotatable bonds is 10. The van der Waals surface area contributed by atoms with Crippen molar-refractivity contribution < 1.29 is 14.6 Å². The van der Waals surface area contributed by atoms with Gasteiger partial charge in [0.1, 0.15) is 23.3 Å². The van der Waals surface area contributed by atoms with Crippen LogP contribution >= 0.6 is 0 Å². The van der Waals surface area contributed by atoms with E-state index in [1.165, 1.54) is 0 Å². The fourth-order valence-corrected chi connectivity index (χ4v) is 12.4. The van der Waals surface area contributed by atoms with E-state index in [9.17, 15) is 19.8 Å². The van der Waals surface area contributed by atoms with Crippen LogP contribution in [0.4, 0.5) is 44.6 Å². The van der Waals surface area contributed by atoms with Crippen LogP contribution in [0.25, 0.3) is 33.1 Å². The molecule has 1 aliphatic carbocycles. The summed E-state index contributed by atoms with van der Waals surface area (Å²) in [6.07, 6.45) is 12.9. The normalized spacial score (nSPS) is 22.2. The highest BCUT2D eigenvalue weighted by molar-refractivity contribution is 5.95. The smallest absolute Gasteiger partial charge is 0.259 e. The molecule has 6 aromatic heterocycles. The molecule has 4 saturated heterocycles. The molecule has 5 aliphatic rings. The molecule has 1 spiro atoms. The molecule has 0 amide bonds. The van der Waals surface area contributed by atoms with Crippen molar-refractivity contribution in [2.24, 2.45) is 11.8 Å². The lowest BCUT2D eigenvalue weighted by Crippen LogP contribution is -2.50. The number of H-pyrrole nitrogens is 2. The summed E-state index contributed by atoms with van der Waals surface area (Å²) in [6, 6.07) is 18.9. The third-order valence-corrected chi connectivity index (χ3v) is 16.5. The van der Waals surface area contributed by atoms with Crippen LogP contribution in [0, 0.1) is 17.7 Å². The van der Waals surface area contributed by atoms with Gasteiger partial charge in [-0.25, -0.2) is 24.3 Å². The highest BCUT2D eigenvalue weighted by Crippen LogP contribution is 2.43. The number of hydrogen-bond donors (Lipinski definition) is 7. The van der Waals surface area contributed by atoms with Crippen LogP contribution in [0.3, 0.4) is 0 Å². The summed E-state index contributed by atoms with van der Waals surface area (Å²) in [6.45, 7) is 5.39. The number of aliphatic hydroxyl groups excluding tert-OH is 2. The Balaban J connectivity index is 0.707. The molecular formula is C55H62FN13O4. The van der Waals surface area contributed by atoms with E-state index in [-0.39, 0.29) is 46.5 Å². The molecule has 4 aliphatic heterocycles. The largest absolute Gasteiger partial charge is 0.393 e. The van der Waals surface area contributed by atoms with Crippen molar-refractivity contribution in [3.05, 3.63) is 123 Å². The number of aromatic amines is 2. The first-order valence-electron chi connectivity index (χ1n) is 25.8. The summed E-state index contributed by atoms with van der Waals surface area (Å²) in [5.74, 6) is 1.98. The highest BCUT2D eigenvalue weighted by Gasteiger charge is 2.46. The van der Waals surface area contributed by atoms with Gasteiger partial charge in [0, 0.05) is 80.8 Å². The molecular weight excluding hydrogens is 926 g/mol. The summed E-state index contributed by atoms with van der Waals surface area (Å²) in [4.78, 5) is 60.2. The maximum atomic E-state index is 15.9. The molecule has 10 heterocycles. The van der Waals surface area contributed by atoms with Crippen LogP contribution in [-0.2, 0) is 6.42 Å². The van der Waals surface area contributed by atoms with Gasteiger partial charge >= 0.3 is 0 Å². The molecule has 18 heteroatoms. The standard InChI is InChI=1S/C55H62FN13O4/c1-66(2)46-6-3-32-23-38(40(56)24-37(32)46)43-25-44(51-41(62-43)9-16-57-53(51)72)63-48-8-5-35(30-60-48)69-20-13-47(71)39(31-69)33-27-55(61-28-33)14-21-68(22-15-55)50-26-45(52-42(65-50)10-17-58-54(52)73)64-49-7-4-34(29-59-49)67-18-11-36(70)12-19-67/h4-5,7-10,16-17,23-26,29-30,33,36,39,46-47,61,70-71H,3,6,11-15,18-22,27-28,31H2,1-2H3,(H,57,72)(H,58,73)(H,59,64,65)(H,60,62,63). The number of halogens is 1. The highest BCUT2D eigenvalue weighted by atomic mass is 19.1. The Hall–Kier alpha value is -6.99. The van der Waals surface area contributed by atoms with E-state index in [4.69, 9.17) is 19.9 Å². The number of nitrogens with one attached hydrogen (secondary N) is 5. The topological polar surface area (TPSA) is 207 Å². The van der Waals surface area contributed by atoms with Crippen molar-refractivity contribution in [1.82, 2.24) is 40.1 Å². The summed E-state index contributed by atoms with van der Waals surface area (Å²) < 4.78 is 15.9. The molecule has 4 fully saturated rings. The molecule has 378 valence electrons. The molecule has 73 heavy (non-hydrogen) atoms. The first kappa shape index (κ1) is 47.0. The average molecular weight is 988 g/mol. The Bertz CT molecular complexity index is 3300. The number of aromatic nitrogens is 6. The van der Waals surface area contributed by atoms with E-state index in [2.05, 4.69) is 45.5 Å². The van der Waals surface area contributed by atoms with E-state index >= 15 is 4.39 Å². The van der Waals surface area contributed by atoms with Gasteiger partial charge in [0.05, 0.1) is 74.9 Å². The molecule has 0 radical (unpaired) electrons. The second-order valence-electron chi connectivity index (χ2n) is 21.1.